The maximum absolute atomic E-state index is 13.1. The number of halogens is 3. The molecule has 0 spiro atoms. The van der Waals surface area contributed by atoms with Gasteiger partial charge < -0.3 is 10.2 Å². The van der Waals surface area contributed by atoms with E-state index < -0.39 is 24.2 Å². The van der Waals surface area contributed by atoms with Crippen molar-refractivity contribution in [2.24, 2.45) is 0 Å². The number of aromatic nitrogens is 3. The Hall–Kier alpha value is -3.60. The number of hydrogen-bond acceptors (Lipinski definition) is 5. The third-order valence-electron chi connectivity index (χ3n) is 5.21. The SMILES string of the molecule is Cc1cc2nnc(SCC(=O)N(C)CC(=O)Nc3ccccc3C(F)(F)F)n2c2ccccc12. The molecule has 0 unspecified atom stereocenters. The van der Waals surface area contributed by atoms with Crippen LogP contribution in [0.3, 0.4) is 0 Å². The van der Waals surface area contributed by atoms with Gasteiger partial charge in [-0.25, -0.2) is 0 Å². The summed E-state index contributed by atoms with van der Waals surface area (Å²) in [5.74, 6) is -1.13. The van der Waals surface area contributed by atoms with Crippen molar-refractivity contribution in [3.05, 3.63) is 65.7 Å². The molecule has 176 valence electrons. The molecule has 34 heavy (non-hydrogen) atoms. The normalized spacial score (nSPS) is 11.7. The van der Waals surface area contributed by atoms with Gasteiger partial charge in [-0.2, -0.15) is 13.2 Å². The fourth-order valence-electron chi connectivity index (χ4n) is 3.54. The number of anilines is 1. The number of hydrogen-bond donors (Lipinski definition) is 1. The van der Waals surface area contributed by atoms with Crippen LogP contribution in [0, 0.1) is 6.92 Å². The molecule has 2 aromatic carbocycles. The Bertz CT molecular complexity index is 1390. The van der Waals surface area contributed by atoms with Crippen LogP contribution in [-0.2, 0) is 15.8 Å². The summed E-state index contributed by atoms with van der Waals surface area (Å²) in [4.78, 5) is 26.0. The van der Waals surface area contributed by atoms with Gasteiger partial charge in [0.05, 0.1) is 29.1 Å². The molecule has 0 bridgehead atoms. The summed E-state index contributed by atoms with van der Waals surface area (Å²) in [6.07, 6.45) is -4.61. The smallest absolute Gasteiger partial charge is 0.336 e. The number of carbonyl (C=O) groups excluding carboxylic acids is 2. The molecule has 0 aliphatic carbocycles. The number of rotatable bonds is 6. The molecule has 0 aliphatic heterocycles. The second-order valence-corrected chi connectivity index (χ2v) is 8.59. The number of thioether (sulfide) groups is 1. The average Bonchev–Trinajstić information content (AvgIpc) is 3.20. The van der Waals surface area contributed by atoms with E-state index in [1.165, 1.54) is 37.0 Å². The molecule has 2 aromatic heterocycles. The van der Waals surface area contributed by atoms with Crippen LogP contribution >= 0.6 is 11.8 Å². The molecule has 0 fully saturated rings. The summed E-state index contributed by atoms with van der Waals surface area (Å²) in [6.45, 7) is 1.59. The molecule has 2 amide bonds. The zero-order valence-corrected chi connectivity index (χ0v) is 19.1. The molecule has 4 rings (SSSR count). The van der Waals surface area contributed by atoms with E-state index in [1.807, 2.05) is 41.7 Å². The number of para-hydroxylation sites is 2. The van der Waals surface area contributed by atoms with E-state index in [4.69, 9.17) is 0 Å². The number of fused-ring (bicyclic) bond motifs is 3. The second kappa shape index (κ2) is 9.34. The van der Waals surface area contributed by atoms with Crippen molar-refractivity contribution in [3.8, 4) is 0 Å². The Morgan fingerprint density at radius 1 is 1.09 bits per heavy atom. The van der Waals surface area contributed by atoms with Gasteiger partial charge in [0.15, 0.2) is 10.8 Å². The monoisotopic (exact) mass is 487 g/mol. The molecule has 7 nitrogen and oxygen atoms in total. The Labute approximate surface area is 197 Å². The number of nitrogens with one attached hydrogen (secondary N) is 1. The van der Waals surface area contributed by atoms with Crippen LogP contribution in [0.15, 0.2) is 59.8 Å². The van der Waals surface area contributed by atoms with E-state index in [0.29, 0.717) is 10.8 Å². The van der Waals surface area contributed by atoms with Crippen LogP contribution in [0.5, 0.6) is 0 Å². The maximum atomic E-state index is 13.1. The van der Waals surface area contributed by atoms with E-state index in [0.717, 1.165) is 27.4 Å². The molecule has 11 heteroatoms. The van der Waals surface area contributed by atoms with Crippen LogP contribution in [0.4, 0.5) is 18.9 Å². The predicted octanol–water partition coefficient (Wildman–Crippen LogP) is 4.40. The average molecular weight is 488 g/mol. The van der Waals surface area contributed by atoms with Gasteiger partial charge in [-0.05, 0) is 36.8 Å². The number of pyridine rings is 1. The van der Waals surface area contributed by atoms with E-state index >= 15 is 0 Å². The van der Waals surface area contributed by atoms with Crippen molar-refractivity contribution in [3.63, 3.8) is 0 Å². The van der Waals surface area contributed by atoms with Gasteiger partial charge in [0, 0.05) is 12.4 Å². The highest BCUT2D eigenvalue weighted by atomic mass is 32.2. The topological polar surface area (TPSA) is 79.6 Å². The van der Waals surface area contributed by atoms with Crippen molar-refractivity contribution in [2.75, 3.05) is 24.7 Å². The molecule has 0 atom stereocenters. The first kappa shape index (κ1) is 23.6. The van der Waals surface area contributed by atoms with Gasteiger partial charge in [-0.3, -0.25) is 14.0 Å². The molecule has 0 radical (unpaired) electrons. The Balaban J connectivity index is 1.42. The standard InChI is InChI=1S/C23H20F3N5O2S/c1-14-11-19-28-29-22(31(19)18-10-6-3-7-15(14)18)34-13-21(33)30(2)12-20(32)27-17-9-5-4-8-16(17)23(24,25)26/h3-11H,12-13H2,1-2H3,(H,27,32). The molecule has 1 N–H and O–H groups in total. The minimum absolute atomic E-state index is 0.0219. The fourth-order valence-corrected chi connectivity index (χ4v) is 4.43. The molecular weight excluding hydrogens is 467 g/mol. The number of aryl methyl sites for hydroxylation is 1. The highest BCUT2D eigenvalue weighted by Gasteiger charge is 2.33. The lowest BCUT2D eigenvalue weighted by Crippen LogP contribution is -2.36. The molecule has 2 heterocycles. The van der Waals surface area contributed by atoms with E-state index in [9.17, 15) is 22.8 Å². The maximum Gasteiger partial charge on any atom is 0.418 e. The van der Waals surface area contributed by atoms with Gasteiger partial charge in [0.25, 0.3) is 0 Å². The summed E-state index contributed by atoms with van der Waals surface area (Å²) in [6, 6.07) is 14.4. The Morgan fingerprint density at radius 2 is 1.79 bits per heavy atom. The van der Waals surface area contributed by atoms with Gasteiger partial charge in [-0.1, -0.05) is 42.1 Å². The van der Waals surface area contributed by atoms with E-state index in [-0.39, 0.29) is 17.3 Å². The summed E-state index contributed by atoms with van der Waals surface area (Å²) < 4.78 is 41.2. The lowest BCUT2D eigenvalue weighted by atomic mass is 10.1. The van der Waals surface area contributed by atoms with Gasteiger partial charge in [-0.15, -0.1) is 10.2 Å². The van der Waals surface area contributed by atoms with Crippen molar-refractivity contribution < 1.29 is 22.8 Å². The number of likely N-dealkylation sites (N-methyl/N-ethyl adjacent to an activating group) is 1. The van der Waals surface area contributed by atoms with Crippen LogP contribution in [-0.4, -0.2) is 50.7 Å². The molecule has 0 aliphatic rings. The highest BCUT2D eigenvalue weighted by molar-refractivity contribution is 7.99. The Morgan fingerprint density at radius 3 is 2.56 bits per heavy atom. The van der Waals surface area contributed by atoms with Crippen LogP contribution in [0.25, 0.3) is 16.6 Å². The summed E-state index contributed by atoms with van der Waals surface area (Å²) >= 11 is 1.17. The first-order valence-electron chi connectivity index (χ1n) is 10.2. The first-order chi connectivity index (χ1) is 16.1. The zero-order chi connectivity index (χ0) is 24.5. The fraction of sp³-hybridized carbons (Fsp3) is 0.217. The minimum atomic E-state index is -4.61. The largest absolute Gasteiger partial charge is 0.418 e. The number of amides is 2. The third kappa shape index (κ3) is 4.84. The Kier molecular flexibility index (Phi) is 6.47. The van der Waals surface area contributed by atoms with E-state index in [1.54, 1.807) is 0 Å². The lowest BCUT2D eigenvalue weighted by molar-refractivity contribution is -0.137. The van der Waals surface area contributed by atoms with Crippen molar-refractivity contribution in [1.82, 2.24) is 19.5 Å². The zero-order valence-electron chi connectivity index (χ0n) is 18.3. The lowest BCUT2D eigenvalue weighted by Gasteiger charge is -2.18. The van der Waals surface area contributed by atoms with Gasteiger partial charge in [0.2, 0.25) is 11.8 Å². The summed E-state index contributed by atoms with van der Waals surface area (Å²) in [5.41, 5.74) is 1.32. The first-order valence-corrected chi connectivity index (χ1v) is 11.2. The predicted molar refractivity (Wildman–Crippen MR) is 124 cm³/mol. The van der Waals surface area contributed by atoms with Crippen molar-refractivity contribution in [1.29, 1.82) is 0 Å². The second-order valence-electron chi connectivity index (χ2n) is 7.65. The number of benzene rings is 2. The summed E-state index contributed by atoms with van der Waals surface area (Å²) in [7, 11) is 1.42. The molecule has 4 aromatic rings. The van der Waals surface area contributed by atoms with Gasteiger partial charge >= 0.3 is 6.18 Å². The van der Waals surface area contributed by atoms with Crippen LogP contribution < -0.4 is 5.32 Å². The quantitative estimate of drug-likeness (QED) is 0.408. The molecule has 0 saturated heterocycles. The number of alkyl halides is 3. The molecular formula is C23H20F3N5O2S. The van der Waals surface area contributed by atoms with Crippen molar-refractivity contribution in [2.45, 2.75) is 18.3 Å². The third-order valence-corrected chi connectivity index (χ3v) is 6.13. The highest BCUT2D eigenvalue weighted by Crippen LogP contribution is 2.34. The molecule has 0 saturated carbocycles. The van der Waals surface area contributed by atoms with E-state index in [2.05, 4.69) is 15.5 Å². The summed E-state index contributed by atoms with van der Waals surface area (Å²) in [5, 5.41) is 12.2. The number of carbonyl (C=O) groups is 2. The van der Waals surface area contributed by atoms with Gasteiger partial charge in [0.1, 0.15) is 0 Å². The van der Waals surface area contributed by atoms with Crippen LogP contribution in [0.1, 0.15) is 11.1 Å². The minimum Gasteiger partial charge on any atom is -0.336 e. The number of nitrogens with zero attached hydrogens (tertiary/aromatic N) is 4. The van der Waals surface area contributed by atoms with Crippen molar-refractivity contribution >= 4 is 45.8 Å². The van der Waals surface area contributed by atoms with Crippen LogP contribution in [0.2, 0.25) is 0 Å².